The molecule has 0 unspecified atom stereocenters. The first-order chi connectivity index (χ1) is 10.1. The Morgan fingerprint density at radius 2 is 2.10 bits per heavy atom. The summed E-state index contributed by atoms with van der Waals surface area (Å²) in [5.41, 5.74) is 1.79. The number of aryl methyl sites for hydroxylation is 1. The van der Waals surface area contributed by atoms with Crippen LogP contribution in [0.3, 0.4) is 0 Å². The molecule has 7 heteroatoms. The summed E-state index contributed by atoms with van der Waals surface area (Å²) in [7, 11) is 0. The van der Waals surface area contributed by atoms with Crippen molar-refractivity contribution in [3.8, 4) is 0 Å². The molecule has 3 rings (SSSR count). The van der Waals surface area contributed by atoms with Gasteiger partial charge in [-0.15, -0.1) is 0 Å². The van der Waals surface area contributed by atoms with Crippen molar-refractivity contribution in [2.24, 2.45) is 0 Å². The van der Waals surface area contributed by atoms with Crippen molar-refractivity contribution in [1.29, 1.82) is 0 Å². The van der Waals surface area contributed by atoms with Gasteiger partial charge >= 0.3 is 6.03 Å². The number of nitrogens with one attached hydrogen (secondary N) is 2. The molecule has 0 atom stereocenters. The summed E-state index contributed by atoms with van der Waals surface area (Å²) < 4.78 is 1.62. The van der Waals surface area contributed by atoms with Crippen molar-refractivity contribution >= 4 is 34.7 Å². The van der Waals surface area contributed by atoms with E-state index in [1.807, 2.05) is 0 Å². The van der Waals surface area contributed by atoms with Gasteiger partial charge in [0.15, 0.2) is 5.65 Å². The van der Waals surface area contributed by atoms with Crippen LogP contribution in [0.25, 0.3) is 5.65 Å². The number of rotatable bonds is 2. The zero-order valence-electron chi connectivity index (χ0n) is 11.2. The van der Waals surface area contributed by atoms with Gasteiger partial charge in [0.1, 0.15) is 5.82 Å². The molecule has 0 aliphatic rings. The maximum Gasteiger partial charge on any atom is 0.323 e. The number of halogens is 1. The predicted octanol–water partition coefficient (Wildman–Crippen LogP) is 3.34. The second kappa shape index (κ2) is 5.41. The number of urea groups is 1. The van der Waals surface area contributed by atoms with Gasteiger partial charge in [0.05, 0.1) is 5.69 Å². The van der Waals surface area contributed by atoms with E-state index in [4.69, 9.17) is 11.6 Å². The van der Waals surface area contributed by atoms with E-state index >= 15 is 0 Å². The molecule has 3 aromatic rings. The van der Waals surface area contributed by atoms with Crippen LogP contribution in [0.1, 0.15) is 5.82 Å². The molecule has 2 amide bonds. The van der Waals surface area contributed by atoms with E-state index in [9.17, 15) is 4.79 Å². The average Bonchev–Trinajstić information content (AvgIpc) is 2.80. The minimum Gasteiger partial charge on any atom is -0.308 e. The van der Waals surface area contributed by atoms with Gasteiger partial charge in [0.2, 0.25) is 0 Å². The highest BCUT2D eigenvalue weighted by Crippen LogP contribution is 2.17. The van der Waals surface area contributed by atoms with Crippen LogP contribution in [-0.4, -0.2) is 20.6 Å². The molecule has 1 aromatic carbocycles. The van der Waals surface area contributed by atoms with Crippen LogP contribution in [0.15, 0.2) is 42.6 Å². The van der Waals surface area contributed by atoms with Crippen LogP contribution in [0.5, 0.6) is 0 Å². The topological polar surface area (TPSA) is 71.3 Å². The lowest BCUT2D eigenvalue weighted by Crippen LogP contribution is -2.19. The molecule has 21 heavy (non-hydrogen) atoms. The van der Waals surface area contributed by atoms with Crippen molar-refractivity contribution in [2.45, 2.75) is 6.92 Å². The molecule has 106 valence electrons. The van der Waals surface area contributed by atoms with Gasteiger partial charge in [0, 0.05) is 16.9 Å². The van der Waals surface area contributed by atoms with Gasteiger partial charge in [0.25, 0.3) is 0 Å². The molecule has 0 bridgehead atoms. The number of fused-ring (bicyclic) bond motifs is 1. The number of aromatic nitrogens is 3. The maximum atomic E-state index is 12.0. The Hall–Kier alpha value is -2.60. The summed E-state index contributed by atoms with van der Waals surface area (Å²) >= 11 is 5.88. The summed E-state index contributed by atoms with van der Waals surface area (Å²) in [6, 6.07) is 10.1. The third kappa shape index (κ3) is 2.95. The number of benzene rings is 1. The van der Waals surface area contributed by atoms with E-state index in [1.165, 1.54) is 0 Å². The highest BCUT2D eigenvalue weighted by Gasteiger charge is 2.09. The summed E-state index contributed by atoms with van der Waals surface area (Å²) in [4.78, 5) is 16.3. The third-order valence-corrected chi connectivity index (χ3v) is 3.03. The fraction of sp³-hybridized carbons (Fsp3) is 0.0714. The van der Waals surface area contributed by atoms with Crippen LogP contribution in [0, 0.1) is 6.92 Å². The van der Waals surface area contributed by atoms with Crippen LogP contribution in [0.4, 0.5) is 16.2 Å². The van der Waals surface area contributed by atoms with Crippen LogP contribution < -0.4 is 10.6 Å². The molecule has 2 aromatic heterocycles. The van der Waals surface area contributed by atoms with Crippen molar-refractivity contribution < 1.29 is 4.79 Å². The number of hydrogen-bond acceptors (Lipinski definition) is 3. The summed E-state index contributed by atoms with van der Waals surface area (Å²) in [6.45, 7) is 1.79. The summed E-state index contributed by atoms with van der Waals surface area (Å²) in [5.74, 6) is 0.638. The van der Waals surface area contributed by atoms with Crippen molar-refractivity contribution in [1.82, 2.24) is 14.6 Å². The number of hydrogen-bond donors (Lipinski definition) is 2. The molecule has 0 aliphatic carbocycles. The molecule has 6 nitrogen and oxygen atoms in total. The van der Waals surface area contributed by atoms with Gasteiger partial charge in [-0.25, -0.2) is 14.3 Å². The second-order valence-electron chi connectivity index (χ2n) is 4.44. The highest BCUT2D eigenvalue weighted by molar-refractivity contribution is 6.30. The van der Waals surface area contributed by atoms with E-state index in [0.717, 1.165) is 0 Å². The van der Waals surface area contributed by atoms with E-state index in [1.54, 1.807) is 54.0 Å². The van der Waals surface area contributed by atoms with Crippen molar-refractivity contribution in [3.05, 3.63) is 53.4 Å². The highest BCUT2D eigenvalue weighted by atomic mass is 35.5. The van der Waals surface area contributed by atoms with Gasteiger partial charge in [-0.3, -0.25) is 0 Å². The molecule has 0 saturated heterocycles. The quantitative estimate of drug-likeness (QED) is 0.762. The smallest absolute Gasteiger partial charge is 0.308 e. The number of amides is 2. The second-order valence-corrected chi connectivity index (χ2v) is 4.87. The van der Waals surface area contributed by atoms with Crippen molar-refractivity contribution in [2.75, 3.05) is 10.6 Å². The predicted molar refractivity (Wildman–Crippen MR) is 81.8 cm³/mol. The fourth-order valence-corrected chi connectivity index (χ4v) is 2.15. The number of carbonyl (C=O) groups is 1. The molecule has 0 fully saturated rings. The maximum absolute atomic E-state index is 12.0. The van der Waals surface area contributed by atoms with Gasteiger partial charge in [-0.05, 0) is 37.3 Å². The zero-order chi connectivity index (χ0) is 14.8. The van der Waals surface area contributed by atoms with E-state index < -0.39 is 0 Å². The fourth-order valence-electron chi connectivity index (χ4n) is 1.96. The Labute approximate surface area is 125 Å². The molecule has 2 heterocycles. The lowest BCUT2D eigenvalue weighted by Gasteiger charge is -2.08. The minimum absolute atomic E-state index is 0.369. The first-order valence-electron chi connectivity index (χ1n) is 6.27. The normalized spacial score (nSPS) is 10.6. The molecule has 0 saturated carbocycles. The third-order valence-electron chi connectivity index (χ3n) is 2.80. The van der Waals surface area contributed by atoms with E-state index in [2.05, 4.69) is 20.7 Å². The number of pyridine rings is 1. The monoisotopic (exact) mass is 301 g/mol. The molecular weight excluding hydrogens is 290 g/mol. The first kappa shape index (κ1) is 13.4. The zero-order valence-corrected chi connectivity index (χ0v) is 11.9. The molecule has 0 spiro atoms. The summed E-state index contributed by atoms with van der Waals surface area (Å²) in [5, 5.41) is 10.2. The molecule has 0 aliphatic heterocycles. The number of anilines is 2. The lowest BCUT2D eigenvalue weighted by molar-refractivity contribution is 0.262. The lowest BCUT2D eigenvalue weighted by atomic mass is 10.3. The SMILES string of the molecule is Cc1nc2c(NC(=O)Nc3cccc(Cl)c3)cccn2n1. The Bertz CT molecular complexity index is 814. The van der Waals surface area contributed by atoms with Crippen LogP contribution >= 0.6 is 11.6 Å². The van der Waals surface area contributed by atoms with Crippen LogP contribution in [-0.2, 0) is 0 Å². The number of carbonyl (C=O) groups excluding carboxylic acids is 1. The molecular formula is C14H12ClN5O. The van der Waals surface area contributed by atoms with Gasteiger partial charge in [-0.2, -0.15) is 5.10 Å². The Kier molecular flexibility index (Phi) is 3.45. The Morgan fingerprint density at radius 1 is 1.24 bits per heavy atom. The molecule has 0 radical (unpaired) electrons. The molecule has 2 N–H and O–H groups in total. The Morgan fingerprint density at radius 3 is 2.90 bits per heavy atom. The Balaban J connectivity index is 1.80. The van der Waals surface area contributed by atoms with Crippen LogP contribution in [0.2, 0.25) is 5.02 Å². The minimum atomic E-state index is -0.369. The first-order valence-corrected chi connectivity index (χ1v) is 6.65. The largest absolute Gasteiger partial charge is 0.323 e. The van der Waals surface area contributed by atoms with Crippen molar-refractivity contribution in [3.63, 3.8) is 0 Å². The van der Waals surface area contributed by atoms with E-state index in [-0.39, 0.29) is 6.03 Å². The van der Waals surface area contributed by atoms with Gasteiger partial charge in [-0.1, -0.05) is 17.7 Å². The standard InChI is InChI=1S/C14H12ClN5O/c1-9-16-13-12(6-3-7-20(13)19-9)18-14(21)17-11-5-2-4-10(15)8-11/h2-8H,1H3,(H2,17,18,21). The van der Waals surface area contributed by atoms with E-state index in [0.29, 0.717) is 27.9 Å². The average molecular weight is 302 g/mol. The van der Waals surface area contributed by atoms with Gasteiger partial charge < -0.3 is 10.6 Å². The summed E-state index contributed by atoms with van der Waals surface area (Å²) in [6.07, 6.45) is 1.77. The number of nitrogens with zero attached hydrogens (tertiary/aromatic N) is 3.